The van der Waals surface area contributed by atoms with E-state index in [4.69, 9.17) is 9.29 Å². The van der Waals surface area contributed by atoms with Crippen molar-refractivity contribution in [2.24, 2.45) is 5.92 Å². The normalized spacial score (nSPS) is 30.0. The van der Waals surface area contributed by atoms with Crippen molar-refractivity contribution in [1.29, 1.82) is 0 Å². The Morgan fingerprint density at radius 1 is 1.32 bits per heavy atom. The van der Waals surface area contributed by atoms with E-state index < -0.39 is 51.8 Å². The number of β-lactam (4-membered cyclic amide) rings is 1. The Balaban J connectivity index is 2.04. The van der Waals surface area contributed by atoms with Crippen LogP contribution in [-0.4, -0.2) is 71.3 Å². The third-order valence-corrected chi connectivity index (χ3v) is 4.52. The molecular weight excluding hydrogens is 320 g/mol. The van der Waals surface area contributed by atoms with Crippen molar-refractivity contribution in [2.45, 2.75) is 18.5 Å². The smallest absolute Gasteiger partial charge is 0.408 e. The summed E-state index contributed by atoms with van der Waals surface area (Å²) in [6.07, 6.45) is -0.314. The fourth-order valence-electron chi connectivity index (χ4n) is 3.33. The van der Waals surface area contributed by atoms with E-state index in [0.29, 0.717) is 0 Å². The van der Waals surface area contributed by atoms with Gasteiger partial charge in [0.15, 0.2) is 11.5 Å². The van der Waals surface area contributed by atoms with E-state index in [0.717, 1.165) is 16.1 Å². The van der Waals surface area contributed by atoms with Gasteiger partial charge in [0.1, 0.15) is 6.04 Å². The second-order valence-corrected chi connectivity index (χ2v) is 6.90. The zero-order chi connectivity index (χ0) is 16.4. The first-order chi connectivity index (χ1) is 10.1. The molecule has 0 spiro atoms. The van der Waals surface area contributed by atoms with Crippen molar-refractivity contribution >= 4 is 28.1 Å². The third kappa shape index (κ3) is 1.85. The van der Waals surface area contributed by atoms with Crippen molar-refractivity contribution in [3.05, 3.63) is 11.5 Å². The van der Waals surface area contributed by atoms with Crippen LogP contribution >= 0.6 is 0 Å². The number of nitrogens with zero attached hydrogens (tertiary/aromatic N) is 2. The van der Waals surface area contributed by atoms with Gasteiger partial charge in [0.2, 0.25) is 0 Å². The summed E-state index contributed by atoms with van der Waals surface area (Å²) in [5.74, 6) is -3.09. The van der Waals surface area contributed by atoms with Crippen LogP contribution < -0.4 is 0 Å². The van der Waals surface area contributed by atoms with Crippen LogP contribution in [0.2, 0.25) is 0 Å². The molecule has 3 heterocycles. The molecule has 120 valence electrons. The summed E-state index contributed by atoms with van der Waals surface area (Å²) in [5, 5.41) is 18.4. The van der Waals surface area contributed by atoms with Gasteiger partial charge >= 0.3 is 22.2 Å². The molecule has 0 aromatic carbocycles. The van der Waals surface area contributed by atoms with Crippen LogP contribution in [0.4, 0.5) is 4.79 Å². The SMILES string of the molecule is CS(=O)(=O)OC1=C(C(=O)O)N2C(=O)[C@@H]3[C@H]2C1CCN3C(=O)O. The molecule has 2 N–H and O–H groups in total. The lowest BCUT2D eigenvalue weighted by Crippen LogP contribution is -2.73. The number of hydrogen-bond acceptors (Lipinski definition) is 6. The monoisotopic (exact) mass is 332 g/mol. The summed E-state index contributed by atoms with van der Waals surface area (Å²) in [6.45, 7) is 0.00423. The van der Waals surface area contributed by atoms with Crippen molar-refractivity contribution in [2.75, 3.05) is 12.8 Å². The van der Waals surface area contributed by atoms with Gasteiger partial charge in [-0.2, -0.15) is 8.42 Å². The second-order valence-electron chi connectivity index (χ2n) is 5.32. The zero-order valence-electron chi connectivity index (χ0n) is 11.3. The van der Waals surface area contributed by atoms with E-state index in [2.05, 4.69) is 0 Å². The Morgan fingerprint density at radius 2 is 1.95 bits per heavy atom. The lowest BCUT2D eigenvalue weighted by atomic mass is 9.80. The van der Waals surface area contributed by atoms with Gasteiger partial charge in [0, 0.05) is 12.5 Å². The molecule has 3 rings (SSSR count). The average Bonchev–Trinajstić information content (AvgIpc) is 2.68. The highest BCUT2D eigenvalue weighted by Gasteiger charge is 2.65. The number of carboxylic acids is 1. The molecule has 3 aliphatic rings. The average molecular weight is 332 g/mol. The van der Waals surface area contributed by atoms with Gasteiger partial charge in [-0.25, -0.2) is 9.59 Å². The summed E-state index contributed by atoms with van der Waals surface area (Å²) >= 11 is 0. The van der Waals surface area contributed by atoms with E-state index >= 15 is 0 Å². The van der Waals surface area contributed by atoms with E-state index in [-0.39, 0.29) is 18.7 Å². The molecule has 3 atom stereocenters. The molecule has 22 heavy (non-hydrogen) atoms. The fraction of sp³-hybridized carbons (Fsp3) is 0.545. The second kappa shape index (κ2) is 4.35. The number of piperidine rings is 1. The van der Waals surface area contributed by atoms with Crippen molar-refractivity contribution in [3.63, 3.8) is 0 Å². The van der Waals surface area contributed by atoms with Gasteiger partial charge in [-0.05, 0) is 6.42 Å². The fourth-order valence-corrected chi connectivity index (χ4v) is 3.86. The maximum absolute atomic E-state index is 12.1. The molecule has 0 saturated carbocycles. The lowest BCUT2D eigenvalue weighted by Gasteiger charge is -2.51. The number of amides is 2. The van der Waals surface area contributed by atoms with Crippen LogP contribution in [0.25, 0.3) is 0 Å². The van der Waals surface area contributed by atoms with Crippen LogP contribution in [0.3, 0.4) is 0 Å². The number of carboxylic acid groups (broad SMARTS) is 2. The molecular formula is C11H12N2O8S. The van der Waals surface area contributed by atoms with Gasteiger partial charge in [-0.15, -0.1) is 0 Å². The van der Waals surface area contributed by atoms with Crippen molar-refractivity contribution in [3.8, 4) is 0 Å². The van der Waals surface area contributed by atoms with Gasteiger partial charge in [-0.1, -0.05) is 0 Å². The standard InChI is InChI=1S/C11H12N2O8S/c1-22(19,20)21-8-4-2-3-12(11(17)18)6-5(4)13(9(6)14)7(8)10(15)16/h4-6H,2-3H2,1H3,(H,15,16)(H,17,18)/t4?,5-,6+/m1/s1. The lowest BCUT2D eigenvalue weighted by molar-refractivity contribution is -0.161. The molecule has 11 heteroatoms. The molecule has 3 aliphatic heterocycles. The Hall–Kier alpha value is -2.30. The quantitative estimate of drug-likeness (QED) is 0.487. The van der Waals surface area contributed by atoms with Crippen LogP contribution in [0.1, 0.15) is 6.42 Å². The van der Waals surface area contributed by atoms with Gasteiger partial charge in [-0.3, -0.25) is 14.6 Å². The first-order valence-corrected chi connectivity index (χ1v) is 8.14. The first kappa shape index (κ1) is 14.6. The largest absolute Gasteiger partial charge is 0.476 e. The van der Waals surface area contributed by atoms with Gasteiger partial charge < -0.3 is 14.4 Å². The number of hydrogen-bond donors (Lipinski definition) is 2. The summed E-state index contributed by atoms with van der Waals surface area (Å²) in [7, 11) is -3.97. The first-order valence-electron chi connectivity index (χ1n) is 6.33. The maximum atomic E-state index is 12.1. The summed E-state index contributed by atoms with van der Waals surface area (Å²) in [6, 6.07) is -1.72. The Bertz CT molecular complexity index is 726. The topological polar surface area (TPSA) is 142 Å². The molecule has 10 nitrogen and oxygen atoms in total. The number of rotatable bonds is 3. The number of likely N-dealkylation sites (tertiary alicyclic amines) is 1. The van der Waals surface area contributed by atoms with Crippen molar-refractivity contribution in [1.82, 2.24) is 9.80 Å². The molecule has 1 unspecified atom stereocenters. The van der Waals surface area contributed by atoms with E-state index in [1.165, 1.54) is 0 Å². The van der Waals surface area contributed by atoms with Gasteiger partial charge in [0.05, 0.1) is 12.3 Å². The summed E-state index contributed by atoms with van der Waals surface area (Å²) < 4.78 is 27.5. The highest BCUT2D eigenvalue weighted by Crippen LogP contribution is 2.49. The Labute approximate surface area is 124 Å². The Morgan fingerprint density at radius 3 is 2.45 bits per heavy atom. The minimum Gasteiger partial charge on any atom is -0.476 e. The minimum absolute atomic E-state index is 0.00423. The highest BCUT2D eigenvalue weighted by atomic mass is 32.2. The molecule has 0 aromatic rings. The van der Waals surface area contributed by atoms with E-state index in [1.807, 2.05) is 0 Å². The number of carbonyl (C=O) groups is 3. The number of aliphatic carboxylic acids is 1. The molecule has 2 saturated heterocycles. The van der Waals surface area contributed by atoms with Gasteiger partial charge in [0.25, 0.3) is 5.91 Å². The zero-order valence-corrected chi connectivity index (χ0v) is 12.1. The molecule has 2 fully saturated rings. The minimum atomic E-state index is -3.97. The summed E-state index contributed by atoms with van der Waals surface area (Å²) in [4.78, 5) is 36.5. The van der Waals surface area contributed by atoms with Crippen LogP contribution in [0.5, 0.6) is 0 Å². The number of carbonyl (C=O) groups excluding carboxylic acids is 1. The molecule has 0 bridgehead atoms. The van der Waals surface area contributed by atoms with Crippen LogP contribution in [0.15, 0.2) is 11.5 Å². The highest BCUT2D eigenvalue weighted by molar-refractivity contribution is 7.86. The van der Waals surface area contributed by atoms with E-state index in [9.17, 15) is 27.9 Å². The summed E-state index contributed by atoms with van der Waals surface area (Å²) in [5.41, 5.74) is -0.520. The molecule has 0 radical (unpaired) electrons. The molecule has 2 amide bonds. The third-order valence-electron chi connectivity index (χ3n) is 4.04. The predicted octanol–water partition coefficient (Wildman–Crippen LogP) is -1.15. The molecule has 0 aromatic heterocycles. The van der Waals surface area contributed by atoms with Crippen LogP contribution in [-0.2, 0) is 23.9 Å². The van der Waals surface area contributed by atoms with Crippen molar-refractivity contribution < 1.29 is 37.2 Å². The van der Waals surface area contributed by atoms with E-state index in [1.54, 1.807) is 0 Å². The Kier molecular flexibility index (Phi) is 2.89. The molecule has 0 aliphatic carbocycles. The predicted molar refractivity (Wildman–Crippen MR) is 67.9 cm³/mol. The maximum Gasteiger partial charge on any atom is 0.408 e. The van der Waals surface area contributed by atoms with Crippen LogP contribution in [0, 0.1) is 5.92 Å².